The number of benzene rings is 2. The molecule has 0 aromatic heterocycles. The number of hydrazone groups is 1. The number of non-ortho nitro benzene ring substituents is 1. The monoisotopic (exact) mass is 358 g/mol. The van der Waals surface area contributed by atoms with E-state index < -0.39 is 15.8 Å². The molecule has 1 amide bonds. The van der Waals surface area contributed by atoms with Gasteiger partial charge in [0.1, 0.15) is 0 Å². The number of fused-ring (bicyclic) bond motifs is 1. The molecule has 1 aliphatic heterocycles. The fraction of sp³-hybridized carbons (Fsp3) is 0.0667. The van der Waals surface area contributed by atoms with E-state index >= 15 is 0 Å². The molecule has 132 valence electrons. The maximum Gasteiger partial charge on any atom is 0.282 e. The normalized spacial score (nSPS) is 12.2. The number of carbonyl (C=O) groups excluding carboxylic acids is 1. The Labute approximate surface area is 145 Å². The Kier molecular flexibility index (Phi) is 4.43. The molecule has 0 saturated heterocycles. The average Bonchev–Trinajstić information content (AvgIpc) is 3.08. The molecule has 11 heteroatoms. The van der Waals surface area contributed by atoms with Gasteiger partial charge in [-0.15, -0.1) is 0 Å². The van der Waals surface area contributed by atoms with Crippen molar-refractivity contribution < 1.29 is 24.1 Å². The number of nitrogens with one attached hydrogen (secondary N) is 1. The predicted octanol–water partition coefficient (Wildman–Crippen LogP) is 2.00. The molecule has 0 atom stereocenters. The van der Waals surface area contributed by atoms with E-state index in [9.17, 15) is 25.0 Å². The van der Waals surface area contributed by atoms with Crippen LogP contribution in [0.5, 0.6) is 11.5 Å². The number of nitro benzene ring substituents is 2. The molecule has 1 N–H and O–H groups in total. The molecule has 0 spiro atoms. The van der Waals surface area contributed by atoms with Gasteiger partial charge in [0, 0.05) is 17.7 Å². The van der Waals surface area contributed by atoms with Gasteiger partial charge >= 0.3 is 0 Å². The minimum Gasteiger partial charge on any atom is -0.454 e. The van der Waals surface area contributed by atoms with Crippen LogP contribution in [0.3, 0.4) is 0 Å². The van der Waals surface area contributed by atoms with Crippen LogP contribution < -0.4 is 14.9 Å². The van der Waals surface area contributed by atoms with Gasteiger partial charge < -0.3 is 9.47 Å². The number of nitrogens with zero attached hydrogens (tertiary/aromatic N) is 3. The molecule has 0 fully saturated rings. The van der Waals surface area contributed by atoms with E-state index in [4.69, 9.17) is 9.47 Å². The van der Waals surface area contributed by atoms with Gasteiger partial charge in [-0.3, -0.25) is 25.0 Å². The van der Waals surface area contributed by atoms with Crippen molar-refractivity contribution in [2.45, 2.75) is 0 Å². The zero-order chi connectivity index (χ0) is 18.7. The van der Waals surface area contributed by atoms with Crippen molar-refractivity contribution in [3.63, 3.8) is 0 Å². The minimum atomic E-state index is -0.701. The lowest BCUT2D eigenvalue weighted by Crippen LogP contribution is -2.17. The number of nitro groups is 2. The van der Waals surface area contributed by atoms with Crippen LogP contribution in [0.4, 0.5) is 11.4 Å². The van der Waals surface area contributed by atoms with Crippen molar-refractivity contribution in [2.75, 3.05) is 6.79 Å². The van der Waals surface area contributed by atoms with E-state index in [2.05, 4.69) is 10.5 Å². The van der Waals surface area contributed by atoms with Gasteiger partial charge in [-0.2, -0.15) is 5.10 Å². The Hall–Kier alpha value is -4.02. The van der Waals surface area contributed by atoms with Crippen LogP contribution in [0.2, 0.25) is 0 Å². The first-order valence-corrected chi connectivity index (χ1v) is 7.11. The van der Waals surface area contributed by atoms with E-state index in [1.807, 2.05) is 0 Å². The summed E-state index contributed by atoms with van der Waals surface area (Å²) in [5, 5.41) is 25.5. The lowest BCUT2D eigenvalue weighted by atomic mass is 10.1. The molecule has 0 aliphatic carbocycles. The van der Waals surface area contributed by atoms with Crippen LogP contribution in [0.15, 0.2) is 41.5 Å². The fourth-order valence-electron chi connectivity index (χ4n) is 2.19. The van der Waals surface area contributed by atoms with E-state index in [0.29, 0.717) is 5.75 Å². The highest BCUT2D eigenvalue weighted by atomic mass is 16.7. The quantitative estimate of drug-likeness (QED) is 0.488. The van der Waals surface area contributed by atoms with Gasteiger partial charge in [0.15, 0.2) is 11.5 Å². The predicted molar refractivity (Wildman–Crippen MR) is 87.4 cm³/mol. The van der Waals surface area contributed by atoms with Gasteiger partial charge in [-0.1, -0.05) is 6.07 Å². The first kappa shape index (κ1) is 16.8. The number of ether oxygens (including phenoxy) is 2. The van der Waals surface area contributed by atoms with Gasteiger partial charge in [0.25, 0.3) is 17.3 Å². The van der Waals surface area contributed by atoms with Crippen LogP contribution in [-0.2, 0) is 0 Å². The molecule has 26 heavy (non-hydrogen) atoms. The van der Waals surface area contributed by atoms with Crippen LogP contribution >= 0.6 is 0 Å². The highest BCUT2D eigenvalue weighted by Crippen LogP contribution is 2.37. The number of amides is 1. The van der Waals surface area contributed by atoms with Crippen molar-refractivity contribution in [3.05, 3.63) is 67.8 Å². The highest BCUT2D eigenvalue weighted by molar-refractivity contribution is 5.96. The third-order valence-corrected chi connectivity index (χ3v) is 3.41. The molecule has 0 saturated carbocycles. The van der Waals surface area contributed by atoms with Crippen molar-refractivity contribution in [3.8, 4) is 11.5 Å². The summed E-state index contributed by atoms with van der Waals surface area (Å²) in [6.45, 7) is -0.0450. The van der Waals surface area contributed by atoms with Gasteiger partial charge in [-0.25, -0.2) is 5.43 Å². The second kappa shape index (κ2) is 6.84. The molecule has 0 unspecified atom stereocenters. The van der Waals surface area contributed by atoms with Crippen molar-refractivity contribution in [1.82, 2.24) is 5.43 Å². The van der Waals surface area contributed by atoms with E-state index in [1.165, 1.54) is 30.3 Å². The first-order valence-electron chi connectivity index (χ1n) is 7.11. The third kappa shape index (κ3) is 3.40. The Morgan fingerprint density at radius 1 is 1.12 bits per heavy atom. The smallest absolute Gasteiger partial charge is 0.282 e. The second-order valence-corrected chi connectivity index (χ2v) is 5.03. The Balaban J connectivity index is 1.78. The van der Waals surface area contributed by atoms with Crippen molar-refractivity contribution in [2.24, 2.45) is 5.10 Å². The van der Waals surface area contributed by atoms with Crippen LogP contribution in [0.25, 0.3) is 0 Å². The summed E-state index contributed by atoms with van der Waals surface area (Å²) in [6, 6.07) is 7.64. The molecule has 2 aromatic rings. The summed E-state index contributed by atoms with van der Waals surface area (Å²) in [5.41, 5.74) is 1.76. The molecule has 2 aromatic carbocycles. The maximum atomic E-state index is 12.0. The number of carbonyl (C=O) groups is 1. The first-order chi connectivity index (χ1) is 12.5. The Morgan fingerprint density at radius 3 is 2.54 bits per heavy atom. The van der Waals surface area contributed by atoms with Crippen molar-refractivity contribution >= 4 is 23.5 Å². The molecule has 0 radical (unpaired) electrons. The van der Waals surface area contributed by atoms with Crippen LogP contribution in [0, 0.1) is 20.2 Å². The van der Waals surface area contributed by atoms with Gasteiger partial charge in [0.05, 0.1) is 27.7 Å². The molecule has 1 aliphatic rings. The zero-order valence-electron chi connectivity index (χ0n) is 12.9. The molecule has 0 bridgehead atoms. The molecule has 3 rings (SSSR count). The highest BCUT2D eigenvalue weighted by Gasteiger charge is 2.22. The van der Waals surface area contributed by atoms with Crippen LogP contribution in [0.1, 0.15) is 15.9 Å². The topological polar surface area (TPSA) is 146 Å². The van der Waals surface area contributed by atoms with Crippen molar-refractivity contribution in [1.29, 1.82) is 0 Å². The van der Waals surface area contributed by atoms with Crippen LogP contribution in [-0.4, -0.2) is 28.8 Å². The summed E-state index contributed by atoms with van der Waals surface area (Å²) in [6.07, 6.45) is 1.08. The standard InChI is InChI=1S/C15H10N4O7/c20-15(9-2-1-3-11(4-9)18(21)22)17-16-7-10-5-13-14(26-8-25-13)6-12(10)19(23)24/h1-7H,8H2,(H,17,20)/b16-7+. The maximum absolute atomic E-state index is 12.0. The largest absolute Gasteiger partial charge is 0.454 e. The fourth-order valence-corrected chi connectivity index (χ4v) is 2.19. The lowest BCUT2D eigenvalue weighted by Gasteiger charge is -2.02. The number of hydrogen-bond acceptors (Lipinski definition) is 8. The number of rotatable bonds is 5. The SMILES string of the molecule is O=C(N/N=C/c1cc2c(cc1[N+](=O)[O-])OCO2)c1cccc([N+](=O)[O-])c1. The molecule has 1 heterocycles. The third-order valence-electron chi connectivity index (χ3n) is 3.41. The zero-order valence-corrected chi connectivity index (χ0v) is 12.9. The van der Waals surface area contributed by atoms with E-state index in [0.717, 1.165) is 12.3 Å². The summed E-state index contributed by atoms with van der Waals surface area (Å²) in [7, 11) is 0. The second-order valence-electron chi connectivity index (χ2n) is 5.03. The van der Waals surface area contributed by atoms with E-state index in [1.54, 1.807) is 0 Å². The molecular weight excluding hydrogens is 348 g/mol. The minimum absolute atomic E-state index is 0.0246. The summed E-state index contributed by atoms with van der Waals surface area (Å²) in [5.74, 6) is -0.134. The summed E-state index contributed by atoms with van der Waals surface area (Å²) >= 11 is 0. The molecule has 11 nitrogen and oxygen atoms in total. The summed E-state index contributed by atoms with van der Waals surface area (Å²) in [4.78, 5) is 32.6. The van der Waals surface area contributed by atoms with E-state index in [-0.39, 0.29) is 35.0 Å². The average molecular weight is 358 g/mol. The van der Waals surface area contributed by atoms with Gasteiger partial charge in [0.2, 0.25) is 6.79 Å². The number of hydrogen-bond donors (Lipinski definition) is 1. The lowest BCUT2D eigenvalue weighted by molar-refractivity contribution is -0.385. The summed E-state index contributed by atoms with van der Waals surface area (Å²) < 4.78 is 10.2. The Bertz CT molecular complexity index is 942. The molecular formula is C15H10N4O7. The Morgan fingerprint density at radius 2 is 1.85 bits per heavy atom. The van der Waals surface area contributed by atoms with Gasteiger partial charge in [-0.05, 0) is 12.1 Å².